The SMILES string of the molecule is CS(=O)(=O)c1ccc(NCC2(N3CCCCC3)CCCCC2)c(S(C)(=O)=O)c1. The Morgan fingerprint density at radius 1 is 0.893 bits per heavy atom. The molecule has 0 atom stereocenters. The smallest absolute Gasteiger partial charge is 0.177 e. The first-order chi connectivity index (χ1) is 13.1. The third-order valence-electron chi connectivity index (χ3n) is 6.20. The van der Waals surface area contributed by atoms with E-state index < -0.39 is 19.7 Å². The van der Waals surface area contributed by atoms with Gasteiger partial charge in [-0.25, -0.2) is 16.8 Å². The Morgan fingerprint density at radius 2 is 1.50 bits per heavy atom. The first-order valence-electron chi connectivity index (χ1n) is 10.1. The molecule has 8 heteroatoms. The van der Waals surface area contributed by atoms with Crippen molar-refractivity contribution in [1.29, 1.82) is 0 Å². The lowest BCUT2D eigenvalue weighted by Crippen LogP contribution is -2.56. The Kier molecular flexibility index (Phi) is 6.41. The van der Waals surface area contributed by atoms with Gasteiger partial charge in [-0.2, -0.15) is 0 Å². The normalized spacial score (nSPS) is 21.4. The van der Waals surface area contributed by atoms with Gasteiger partial charge in [-0.1, -0.05) is 25.7 Å². The Balaban J connectivity index is 1.89. The number of sulfone groups is 2. The van der Waals surface area contributed by atoms with Crippen LogP contribution in [0.1, 0.15) is 51.4 Å². The Hall–Kier alpha value is -1.12. The second-order valence-corrected chi connectivity index (χ2v) is 12.4. The molecule has 0 aromatic heterocycles. The Bertz CT molecular complexity index is 898. The van der Waals surface area contributed by atoms with Gasteiger partial charge in [0.2, 0.25) is 0 Å². The minimum Gasteiger partial charge on any atom is -0.382 e. The molecule has 158 valence electrons. The van der Waals surface area contributed by atoms with Crippen molar-refractivity contribution in [3.05, 3.63) is 18.2 Å². The highest BCUT2D eigenvalue weighted by Gasteiger charge is 2.38. The van der Waals surface area contributed by atoms with E-state index in [2.05, 4.69) is 10.2 Å². The van der Waals surface area contributed by atoms with Gasteiger partial charge in [-0.15, -0.1) is 0 Å². The summed E-state index contributed by atoms with van der Waals surface area (Å²) >= 11 is 0. The van der Waals surface area contributed by atoms with Crippen molar-refractivity contribution in [2.24, 2.45) is 0 Å². The molecular weight excluding hydrogens is 396 g/mol. The van der Waals surface area contributed by atoms with Crippen LogP contribution in [0.25, 0.3) is 0 Å². The average molecular weight is 429 g/mol. The van der Waals surface area contributed by atoms with Gasteiger partial charge in [-0.05, 0) is 57.0 Å². The first kappa shape index (κ1) is 21.6. The molecule has 0 bridgehead atoms. The van der Waals surface area contributed by atoms with E-state index in [9.17, 15) is 16.8 Å². The lowest BCUT2D eigenvalue weighted by molar-refractivity contribution is 0.0437. The molecule has 28 heavy (non-hydrogen) atoms. The molecule has 1 saturated heterocycles. The summed E-state index contributed by atoms with van der Waals surface area (Å²) in [6.07, 6.45) is 11.8. The highest BCUT2D eigenvalue weighted by molar-refractivity contribution is 7.91. The monoisotopic (exact) mass is 428 g/mol. The largest absolute Gasteiger partial charge is 0.382 e. The maximum absolute atomic E-state index is 12.3. The van der Waals surface area contributed by atoms with Crippen LogP contribution in [-0.4, -0.2) is 59.4 Å². The standard InChI is InChI=1S/C20H32N2O4S2/c1-27(23,24)17-9-10-18(19(15-17)28(2,25)26)21-16-20(11-5-3-6-12-20)22-13-7-4-8-14-22/h9-10,15,21H,3-8,11-14,16H2,1-2H3. The van der Waals surface area contributed by atoms with E-state index in [1.807, 2.05) is 0 Å². The van der Waals surface area contributed by atoms with Crippen LogP contribution in [0.3, 0.4) is 0 Å². The van der Waals surface area contributed by atoms with Crippen LogP contribution in [-0.2, 0) is 19.7 Å². The maximum Gasteiger partial charge on any atom is 0.177 e. The van der Waals surface area contributed by atoms with E-state index in [4.69, 9.17) is 0 Å². The number of anilines is 1. The summed E-state index contributed by atoms with van der Waals surface area (Å²) in [5, 5.41) is 3.39. The van der Waals surface area contributed by atoms with Crippen LogP contribution in [0.2, 0.25) is 0 Å². The molecule has 1 saturated carbocycles. The minimum atomic E-state index is -3.55. The van der Waals surface area contributed by atoms with Crippen molar-refractivity contribution in [2.45, 2.75) is 66.7 Å². The van der Waals surface area contributed by atoms with Gasteiger partial charge in [0.25, 0.3) is 0 Å². The maximum atomic E-state index is 12.3. The second-order valence-electron chi connectivity index (χ2n) is 8.39. The molecule has 3 rings (SSSR count). The van der Waals surface area contributed by atoms with Gasteiger partial charge in [0.05, 0.1) is 15.5 Å². The van der Waals surface area contributed by atoms with Crippen molar-refractivity contribution < 1.29 is 16.8 Å². The molecule has 1 heterocycles. The molecule has 0 spiro atoms. The Labute approximate surface area is 169 Å². The van der Waals surface area contributed by atoms with E-state index in [1.54, 1.807) is 6.07 Å². The van der Waals surface area contributed by atoms with Crippen molar-refractivity contribution in [3.8, 4) is 0 Å². The summed E-state index contributed by atoms with van der Waals surface area (Å²) in [5.41, 5.74) is 0.556. The van der Waals surface area contributed by atoms with E-state index >= 15 is 0 Å². The van der Waals surface area contributed by atoms with E-state index in [0.29, 0.717) is 12.2 Å². The number of nitrogens with zero attached hydrogens (tertiary/aromatic N) is 1. The molecule has 1 N–H and O–H groups in total. The summed E-state index contributed by atoms with van der Waals surface area (Å²) in [6.45, 7) is 2.90. The second kappa shape index (κ2) is 8.32. The number of hydrogen-bond acceptors (Lipinski definition) is 6. The lowest BCUT2D eigenvalue weighted by atomic mass is 9.79. The van der Waals surface area contributed by atoms with Crippen LogP contribution in [0.5, 0.6) is 0 Å². The predicted molar refractivity (Wildman–Crippen MR) is 112 cm³/mol. The average Bonchev–Trinajstić information content (AvgIpc) is 2.66. The van der Waals surface area contributed by atoms with Gasteiger partial charge in [-0.3, -0.25) is 4.90 Å². The summed E-state index contributed by atoms with van der Waals surface area (Å²) in [4.78, 5) is 2.69. The zero-order valence-corrected chi connectivity index (χ0v) is 18.5. The van der Waals surface area contributed by atoms with E-state index in [1.165, 1.54) is 50.7 Å². The van der Waals surface area contributed by atoms with Gasteiger partial charge < -0.3 is 5.32 Å². The third-order valence-corrected chi connectivity index (χ3v) is 8.45. The fraction of sp³-hybridized carbons (Fsp3) is 0.700. The van der Waals surface area contributed by atoms with Gasteiger partial charge >= 0.3 is 0 Å². The highest BCUT2D eigenvalue weighted by atomic mass is 32.2. The molecule has 1 aromatic rings. The van der Waals surface area contributed by atoms with Crippen LogP contribution in [0.15, 0.2) is 28.0 Å². The zero-order chi connectivity index (χ0) is 20.4. The number of rotatable bonds is 6. The minimum absolute atomic E-state index is 0.0295. The first-order valence-corrected chi connectivity index (χ1v) is 13.9. The van der Waals surface area contributed by atoms with Gasteiger partial charge in [0.15, 0.2) is 19.7 Å². The zero-order valence-electron chi connectivity index (χ0n) is 16.9. The quantitative estimate of drug-likeness (QED) is 0.750. The van der Waals surface area contributed by atoms with Crippen LogP contribution in [0.4, 0.5) is 5.69 Å². The molecule has 1 aliphatic carbocycles. The topological polar surface area (TPSA) is 83.6 Å². The third kappa shape index (κ3) is 4.89. The summed E-state index contributed by atoms with van der Waals surface area (Å²) < 4.78 is 48.4. The number of benzene rings is 1. The van der Waals surface area contributed by atoms with Crippen molar-refractivity contribution in [2.75, 3.05) is 37.5 Å². The molecule has 1 aliphatic heterocycles. The predicted octanol–water partition coefficient (Wildman–Crippen LogP) is 3.09. The number of piperidine rings is 1. The number of hydrogen-bond donors (Lipinski definition) is 1. The molecule has 6 nitrogen and oxygen atoms in total. The summed E-state index contributed by atoms with van der Waals surface area (Å²) in [7, 11) is -7.02. The molecule has 2 fully saturated rings. The summed E-state index contributed by atoms with van der Waals surface area (Å²) in [6, 6.07) is 4.36. The summed E-state index contributed by atoms with van der Waals surface area (Å²) in [5.74, 6) is 0. The van der Waals surface area contributed by atoms with Crippen molar-refractivity contribution >= 4 is 25.4 Å². The molecule has 0 amide bonds. The van der Waals surface area contributed by atoms with Gasteiger partial charge in [0.1, 0.15) is 0 Å². The number of likely N-dealkylation sites (tertiary alicyclic amines) is 1. The molecule has 2 aliphatic rings. The molecule has 1 aromatic carbocycles. The molecule has 0 unspecified atom stereocenters. The lowest BCUT2D eigenvalue weighted by Gasteiger charge is -2.48. The Morgan fingerprint density at radius 3 is 2.07 bits per heavy atom. The van der Waals surface area contributed by atoms with Crippen molar-refractivity contribution in [3.63, 3.8) is 0 Å². The number of nitrogens with one attached hydrogen (secondary N) is 1. The van der Waals surface area contributed by atoms with Crippen LogP contribution < -0.4 is 5.32 Å². The van der Waals surface area contributed by atoms with E-state index in [0.717, 1.165) is 38.4 Å². The highest BCUT2D eigenvalue weighted by Crippen LogP contribution is 2.36. The van der Waals surface area contributed by atoms with Crippen LogP contribution in [0, 0.1) is 0 Å². The van der Waals surface area contributed by atoms with E-state index in [-0.39, 0.29) is 15.3 Å². The molecular formula is C20H32N2O4S2. The fourth-order valence-electron chi connectivity index (χ4n) is 4.63. The molecule has 0 radical (unpaired) electrons. The van der Waals surface area contributed by atoms with Crippen LogP contribution >= 0.6 is 0 Å². The van der Waals surface area contributed by atoms with Gasteiger partial charge in [0, 0.05) is 24.6 Å². The van der Waals surface area contributed by atoms with Crippen molar-refractivity contribution in [1.82, 2.24) is 4.90 Å². The fourth-order valence-corrected chi connectivity index (χ4v) is 6.23.